The van der Waals surface area contributed by atoms with E-state index in [-0.39, 0.29) is 29.9 Å². The number of benzene rings is 1. The third kappa shape index (κ3) is 6.52. The minimum absolute atomic E-state index is 0.0836. The van der Waals surface area contributed by atoms with Gasteiger partial charge in [-0.1, -0.05) is 13.0 Å². The van der Waals surface area contributed by atoms with Gasteiger partial charge in [-0.3, -0.25) is 19.5 Å². The van der Waals surface area contributed by atoms with Crippen LogP contribution >= 0.6 is 0 Å². The number of carbonyl (C=O) groups is 2. The van der Waals surface area contributed by atoms with Gasteiger partial charge in [0.15, 0.2) is 0 Å². The van der Waals surface area contributed by atoms with Crippen LogP contribution in [0.1, 0.15) is 36.7 Å². The number of hydrogen-bond acceptors (Lipinski definition) is 6. The van der Waals surface area contributed by atoms with E-state index in [4.69, 9.17) is 9.47 Å². The third-order valence-corrected chi connectivity index (χ3v) is 6.00. The van der Waals surface area contributed by atoms with Gasteiger partial charge >= 0.3 is 0 Å². The van der Waals surface area contributed by atoms with Crippen molar-refractivity contribution in [2.24, 2.45) is 5.92 Å². The van der Waals surface area contributed by atoms with Gasteiger partial charge in [0.1, 0.15) is 12.4 Å². The Hall–Kier alpha value is -2.97. The molecule has 0 unspecified atom stereocenters. The van der Waals surface area contributed by atoms with E-state index in [1.165, 1.54) is 6.92 Å². The van der Waals surface area contributed by atoms with E-state index in [0.717, 1.165) is 18.7 Å². The SMILES string of the molecule is CO[C@@H]1CN(C)C(=O)c2cc(NC(C)=O)ccc2OC[C@H](C)N(Cc2cccnc2)C[C@@H]1C. The molecule has 1 aromatic heterocycles. The second-order valence-electron chi connectivity index (χ2n) is 8.78. The average molecular weight is 455 g/mol. The number of rotatable bonds is 4. The summed E-state index contributed by atoms with van der Waals surface area (Å²) in [4.78, 5) is 33.1. The quantitative estimate of drug-likeness (QED) is 0.765. The first-order chi connectivity index (χ1) is 15.8. The Balaban J connectivity index is 1.94. The zero-order valence-electron chi connectivity index (χ0n) is 20.1. The van der Waals surface area contributed by atoms with Crippen molar-refractivity contribution in [1.82, 2.24) is 14.8 Å². The number of likely N-dealkylation sites (N-methyl/N-ethyl adjacent to an activating group) is 1. The van der Waals surface area contributed by atoms with E-state index in [1.54, 1.807) is 43.5 Å². The Morgan fingerprint density at radius 2 is 2.06 bits per heavy atom. The fourth-order valence-electron chi connectivity index (χ4n) is 4.08. The molecule has 8 nitrogen and oxygen atoms in total. The molecule has 0 spiro atoms. The van der Waals surface area contributed by atoms with Crippen LogP contribution in [0, 0.1) is 5.92 Å². The van der Waals surface area contributed by atoms with E-state index >= 15 is 0 Å². The lowest BCUT2D eigenvalue weighted by Gasteiger charge is -2.36. The molecule has 1 aromatic carbocycles. The van der Waals surface area contributed by atoms with Crippen LogP contribution in [-0.4, -0.2) is 72.6 Å². The van der Waals surface area contributed by atoms with Gasteiger partial charge in [-0.2, -0.15) is 0 Å². The summed E-state index contributed by atoms with van der Waals surface area (Å²) in [5.41, 5.74) is 2.10. The van der Waals surface area contributed by atoms with Gasteiger partial charge in [0, 0.05) is 64.8 Å². The highest BCUT2D eigenvalue weighted by Gasteiger charge is 2.28. The van der Waals surface area contributed by atoms with Crippen LogP contribution in [0.2, 0.25) is 0 Å². The average Bonchev–Trinajstić information content (AvgIpc) is 2.80. The minimum Gasteiger partial charge on any atom is -0.491 e. The van der Waals surface area contributed by atoms with E-state index < -0.39 is 0 Å². The number of nitrogens with zero attached hydrogens (tertiary/aromatic N) is 3. The van der Waals surface area contributed by atoms with E-state index in [0.29, 0.717) is 30.2 Å². The smallest absolute Gasteiger partial charge is 0.257 e. The van der Waals surface area contributed by atoms with Gasteiger partial charge < -0.3 is 19.7 Å². The monoisotopic (exact) mass is 454 g/mol. The van der Waals surface area contributed by atoms with Gasteiger partial charge in [-0.05, 0) is 42.7 Å². The maximum absolute atomic E-state index is 13.3. The number of pyridine rings is 1. The van der Waals surface area contributed by atoms with Crippen LogP contribution in [0.15, 0.2) is 42.7 Å². The van der Waals surface area contributed by atoms with Crippen LogP contribution < -0.4 is 10.1 Å². The van der Waals surface area contributed by atoms with Crippen LogP contribution in [-0.2, 0) is 16.1 Å². The summed E-state index contributed by atoms with van der Waals surface area (Å²) in [6.45, 7) is 8.08. The number of aromatic nitrogens is 1. The molecule has 3 rings (SSSR count). The van der Waals surface area contributed by atoms with Gasteiger partial charge in [0.25, 0.3) is 5.91 Å². The van der Waals surface area contributed by atoms with Crippen molar-refractivity contribution >= 4 is 17.5 Å². The van der Waals surface area contributed by atoms with Gasteiger partial charge in [-0.25, -0.2) is 0 Å². The molecule has 178 valence electrons. The van der Waals surface area contributed by atoms with Crippen LogP contribution in [0.25, 0.3) is 0 Å². The molecule has 1 N–H and O–H groups in total. The van der Waals surface area contributed by atoms with E-state index in [2.05, 4.69) is 35.1 Å². The Bertz CT molecular complexity index is 953. The normalized spacial score (nSPS) is 22.5. The van der Waals surface area contributed by atoms with Crippen molar-refractivity contribution in [1.29, 1.82) is 0 Å². The standard InChI is InChI=1S/C25H34N4O4/c1-17-13-29(14-20-7-6-10-26-12-20)18(2)16-33-23-9-8-21(27-19(3)30)11-22(23)25(31)28(4)15-24(17)32-5/h6-12,17-18,24H,13-16H2,1-5H3,(H,27,30)/t17-,18-,24+/m0/s1. The van der Waals surface area contributed by atoms with Gasteiger partial charge in [0.2, 0.25) is 5.91 Å². The number of fused-ring (bicyclic) bond motifs is 1. The summed E-state index contributed by atoms with van der Waals surface area (Å²) in [5, 5.41) is 2.74. The van der Waals surface area contributed by atoms with Crippen molar-refractivity contribution in [2.75, 3.05) is 39.2 Å². The molecule has 0 aliphatic carbocycles. The third-order valence-electron chi connectivity index (χ3n) is 6.00. The number of amides is 2. The largest absolute Gasteiger partial charge is 0.491 e. The van der Waals surface area contributed by atoms with Crippen molar-refractivity contribution in [3.8, 4) is 5.75 Å². The number of anilines is 1. The van der Waals surface area contributed by atoms with Crippen LogP contribution in [0.3, 0.4) is 0 Å². The van der Waals surface area contributed by atoms with Crippen LogP contribution in [0.4, 0.5) is 5.69 Å². The van der Waals surface area contributed by atoms with Gasteiger partial charge in [-0.15, -0.1) is 0 Å². The summed E-state index contributed by atoms with van der Waals surface area (Å²) in [6, 6.07) is 9.26. The fourth-order valence-corrected chi connectivity index (χ4v) is 4.08. The first-order valence-electron chi connectivity index (χ1n) is 11.2. The molecule has 0 radical (unpaired) electrons. The minimum atomic E-state index is -0.197. The Kier molecular flexibility index (Phi) is 8.41. The summed E-state index contributed by atoms with van der Waals surface area (Å²) >= 11 is 0. The first-order valence-corrected chi connectivity index (χ1v) is 11.2. The van der Waals surface area contributed by atoms with E-state index in [1.807, 2.05) is 12.3 Å². The number of methoxy groups -OCH3 is 1. The highest BCUT2D eigenvalue weighted by molar-refractivity contribution is 5.99. The Labute approximate surface area is 195 Å². The van der Waals surface area contributed by atoms with Crippen molar-refractivity contribution in [3.05, 3.63) is 53.9 Å². The van der Waals surface area contributed by atoms with Crippen LogP contribution in [0.5, 0.6) is 5.75 Å². The lowest BCUT2D eigenvalue weighted by Crippen LogP contribution is -2.46. The fraction of sp³-hybridized carbons (Fsp3) is 0.480. The second kappa shape index (κ2) is 11.2. The topological polar surface area (TPSA) is 84.0 Å². The summed E-state index contributed by atoms with van der Waals surface area (Å²) in [7, 11) is 3.45. The predicted octanol–water partition coefficient (Wildman–Crippen LogP) is 3.05. The summed E-state index contributed by atoms with van der Waals surface area (Å²) in [5.74, 6) is 0.301. The molecule has 2 aromatic rings. The summed E-state index contributed by atoms with van der Waals surface area (Å²) < 4.78 is 12.0. The van der Waals surface area contributed by atoms with E-state index in [9.17, 15) is 9.59 Å². The predicted molar refractivity (Wildman–Crippen MR) is 127 cm³/mol. The molecular formula is C25H34N4O4. The van der Waals surface area contributed by atoms with Crippen molar-refractivity contribution < 1.29 is 19.1 Å². The molecule has 8 heteroatoms. The maximum atomic E-state index is 13.3. The molecule has 3 atom stereocenters. The van der Waals surface area contributed by atoms with Crippen molar-refractivity contribution in [2.45, 2.75) is 39.5 Å². The molecule has 0 saturated heterocycles. The molecule has 1 aliphatic rings. The molecule has 0 bridgehead atoms. The molecule has 2 amide bonds. The maximum Gasteiger partial charge on any atom is 0.257 e. The molecule has 2 heterocycles. The Morgan fingerprint density at radius 1 is 1.27 bits per heavy atom. The molecule has 0 saturated carbocycles. The number of hydrogen-bond donors (Lipinski definition) is 1. The molecule has 1 aliphatic heterocycles. The zero-order valence-corrected chi connectivity index (χ0v) is 20.1. The number of ether oxygens (including phenoxy) is 2. The Morgan fingerprint density at radius 3 is 2.73 bits per heavy atom. The first kappa shape index (κ1) is 24.7. The second-order valence-corrected chi connectivity index (χ2v) is 8.78. The molecule has 0 fully saturated rings. The molecule has 33 heavy (non-hydrogen) atoms. The highest BCUT2D eigenvalue weighted by atomic mass is 16.5. The van der Waals surface area contributed by atoms with Crippen molar-refractivity contribution in [3.63, 3.8) is 0 Å². The zero-order chi connectivity index (χ0) is 24.0. The lowest BCUT2D eigenvalue weighted by atomic mass is 10.0. The number of nitrogens with one attached hydrogen (secondary N) is 1. The number of carbonyl (C=O) groups excluding carboxylic acids is 2. The molecular weight excluding hydrogens is 420 g/mol. The lowest BCUT2D eigenvalue weighted by molar-refractivity contribution is -0.114. The highest BCUT2D eigenvalue weighted by Crippen LogP contribution is 2.26. The summed E-state index contributed by atoms with van der Waals surface area (Å²) in [6.07, 6.45) is 3.52. The van der Waals surface area contributed by atoms with Gasteiger partial charge in [0.05, 0.1) is 11.7 Å².